The van der Waals surface area contributed by atoms with E-state index in [1.165, 1.54) is 24.6 Å². The minimum absolute atomic E-state index is 0.0895. The van der Waals surface area contributed by atoms with Gasteiger partial charge in [-0.1, -0.05) is 50.7 Å². The molecule has 0 aliphatic carbocycles. The van der Waals surface area contributed by atoms with Crippen molar-refractivity contribution in [3.8, 4) is 11.5 Å². The Kier molecular flexibility index (Phi) is 16.2. The van der Waals surface area contributed by atoms with Gasteiger partial charge < -0.3 is 40.0 Å². The normalized spacial score (nSPS) is 22.0. The minimum atomic E-state index is -1.36. The first-order chi connectivity index (χ1) is 21.7. The molecule has 252 valence electrons. The molecule has 7 atom stereocenters. The molecule has 2 aromatic carbocycles. The molecule has 1 amide bonds. The molecule has 11 heteroatoms. The van der Waals surface area contributed by atoms with Gasteiger partial charge in [0.1, 0.15) is 42.3 Å². The summed E-state index contributed by atoms with van der Waals surface area (Å²) in [5.41, 5.74) is 1.25. The number of unbranched alkanes of at least 4 members (excludes halogenated alkanes) is 7. The van der Waals surface area contributed by atoms with Crippen LogP contribution in [0.25, 0.3) is 0 Å². The summed E-state index contributed by atoms with van der Waals surface area (Å²) in [6.45, 7) is 0.176. The zero-order chi connectivity index (χ0) is 32.6. The second-order valence-electron chi connectivity index (χ2n) is 11.8. The van der Waals surface area contributed by atoms with E-state index in [-0.39, 0.29) is 31.2 Å². The van der Waals surface area contributed by atoms with Crippen molar-refractivity contribution in [2.75, 3.05) is 13.3 Å². The van der Waals surface area contributed by atoms with Gasteiger partial charge in [-0.15, -0.1) is 0 Å². The van der Waals surface area contributed by atoms with Crippen molar-refractivity contribution in [1.82, 2.24) is 5.32 Å². The number of aliphatic hydroxyl groups is 4. The number of carbonyl (C=O) groups is 1. The monoisotopic (exact) mass is 637 g/mol. The predicted molar refractivity (Wildman–Crippen MR) is 165 cm³/mol. The molecule has 1 aliphatic rings. The number of halogens is 2. The molecule has 0 bridgehead atoms. The molecule has 2 aromatic rings. The highest BCUT2D eigenvalue weighted by atomic mass is 19.1. The number of nitrogens with one attached hydrogen (secondary N) is 1. The van der Waals surface area contributed by atoms with Crippen LogP contribution in [0.3, 0.4) is 0 Å². The van der Waals surface area contributed by atoms with Crippen LogP contribution in [-0.4, -0.2) is 82.5 Å². The van der Waals surface area contributed by atoms with E-state index in [1.807, 2.05) is 12.1 Å². The van der Waals surface area contributed by atoms with Gasteiger partial charge in [0.15, 0.2) is 6.29 Å². The van der Waals surface area contributed by atoms with Gasteiger partial charge in [-0.25, -0.2) is 8.78 Å². The Labute approximate surface area is 264 Å². The molecule has 0 saturated carbocycles. The topological polar surface area (TPSA) is 138 Å². The van der Waals surface area contributed by atoms with Crippen LogP contribution in [0.1, 0.15) is 76.7 Å². The lowest BCUT2D eigenvalue weighted by atomic mass is 10.0. The lowest BCUT2D eigenvalue weighted by molar-refractivity contribution is -0.256. The predicted octanol–water partition coefficient (Wildman–Crippen LogP) is 4.72. The fraction of sp³-hybridized carbons (Fsp3) is 0.618. The van der Waals surface area contributed by atoms with Crippen LogP contribution in [0.5, 0.6) is 11.5 Å². The number of ether oxygens (including phenoxy) is 3. The van der Waals surface area contributed by atoms with Gasteiger partial charge in [-0.2, -0.15) is 0 Å². The maximum absolute atomic E-state index is 13.1. The average Bonchev–Trinajstić information content (AvgIpc) is 3.03. The Bertz CT molecular complexity index is 1100. The summed E-state index contributed by atoms with van der Waals surface area (Å²) in [7, 11) is 0. The molecule has 1 fully saturated rings. The van der Waals surface area contributed by atoms with Gasteiger partial charge in [0, 0.05) is 12.8 Å². The van der Waals surface area contributed by atoms with Crippen molar-refractivity contribution in [2.45, 2.75) is 120 Å². The number of benzene rings is 2. The molecule has 1 saturated heterocycles. The largest absolute Gasteiger partial charge is 0.457 e. The molecule has 2 unspecified atom stereocenters. The summed E-state index contributed by atoms with van der Waals surface area (Å²) in [6.07, 6.45) is 2.16. The van der Waals surface area contributed by atoms with Crippen LogP contribution >= 0.6 is 0 Å². The number of alkyl halides is 1. The summed E-state index contributed by atoms with van der Waals surface area (Å²) in [5, 5.41) is 42.6. The summed E-state index contributed by atoms with van der Waals surface area (Å²) >= 11 is 0. The van der Waals surface area contributed by atoms with Crippen molar-refractivity contribution in [3.63, 3.8) is 0 Å². The van der Waals surface area contributed by atoms with Gasteiger partial charge in [0.2, 0.25) is 5.91 Å². The fourth-order valence-corrected chi connectivity index (χ4v) is 5.24. The molecule has 0 radical (unpaired) electrons. The van der Waals surface area contributed by atoms with Crippen LogP contribution in [0, 0.1) is 5.82 Å². The van der Waals surface area contributed by atoms with Crippen molar-refractivity contribution in [1.29, 1.82) is 0 Å². The zero-order valence-electron chi connectivity index (χ0n) is 26.0. The van der Waals surface area contributed by atoms with Crippen LogP contribution < -0.4 is 10.1 Å². The van der Waals surface area contributed by atoms with Crippen LogP contribution in [-0.2, 0) is 20.7 Å². The van der Waals surface area contributed by atoms with E-state index in [4.69, 9.17) is 14.2 Å². The van der Waals surface area contributed by atoms with Crippen LogP contribution in [0.4, 0.5) is 8.78 Å². The zero-order valence-corrected chi connectivity index (χ0v) is 26.0. The van der Waals surface area contributed by atoms with Crippen LogP contribution in [0.15, 0.2) is 48.5 Å². The van der Waals surface area contributed by atoms with E-state index in [0.717, 1.165) is 57.1 Å². The molecular weight excluding hydrogens is 588 g/mol. The van der Waals surface area contributed by atoms with Crippen molar-refractivity contribution >= 4 is 5.91 Å². The second kappa shape index (κ2) is 19.8. The number of aliphatic hydroxyl groups excluding tert-OH is 4. The highest BCUT2D eigenvalue weighted by Gasteiger charge is 2.38. The first-order valence-electron chi connectivity index (χ1n) is 16.0. The van der Waals surface area contributed by atoms with E-state index < -0.39 is 49.5 Å². The third-order valence-corrected chi connectivity index (χ3v) is 7.99. The number of hydrogen-bond acceptors (Lipinski definition) is 8. The Hall–Kier alpha value is -2.67. The number of rotatable bonds is 20. The molecule has 45 heavy (non-hydrogen) atoms. The Balaban J connectivity index is 1.23. The van der Waals surface area contributed by atoms with E-state index in [2.05, 4.69) is 17.4 Å². The average molecular weight is 638 g/mol. The summed E-state index contributed by atoms with van der Waals surface area (Å²) in [6, 6.07) is 13.0. The molecule has 1 aliphatic heterocycles. The maximum Gasteiger partial charge on any atom is 0.220 e. The van der Waals surface area contributed by atoms with E-state index in [0.29, 0.717) is 12.2 Å². The minimum Gasteiger partial charge on any atom is -0.457 e. The number of hydrogen-bond donors (Lipinski definition) is 5. The highest BCUT2D eigenvalue weighted by molar-refractivity contribution is 5.76. The van der Waals surface area contributed by atoms with Crippen LogP contribution in [0.2, 0.25) is 0 Å². The van der Waals surface area contributed by atoms with Crippen molar-refractivity contribution < 1.29 is 48.2 Å². The Morgan fingerprint density at radius 3 is 2.11 bits per heavy atom. The maximum atomic E-state index is 13.1. The summed E-state index contributed by atoms with van der Waals surface area (Å²) in [5.74, 6) is 0.745. The molecule has 1 heterocycles. The molecular formula is C34H49F2NO8. The standard InChI is InChI=1S/C34H49F2NO8/c1-23(38)33(41)28(22-43-32-20-29(39)34(42)30(21-35)45-32)37-31(40)11-9-7-5-3-2-4-6-8-10-24-12-16-26(17-13-24)44-27-18-14-25(36)15-19-27/h12-19,23,28-30,32-34,38-39,41-42H,2-11,20-22H2,1H3,(H,37,40)/t23-,28+,29?,30?,32+,33-,34+/m1/s1. The molecule has 5 N–H and O–H groups in total. The third-order valence-electron chi connectivity index (χ3n) is 7.99. The fourth-order valence-electron chi connectivity index (χ4n) is 5.24. The van der Waals surface area contributed by atoms with Crippen molar-refractivity contribution in [2.24, 2.45) is 0 Å². The van der Waals surface area contributed by atoms with Gasteiger partial charge in [0.25, 0.3) is 0 Å². The van der Waals surface area contributed by atoms with E-state index >= 15 is 0 Å². The second-order valence-corrected chi connectivity index (χ2v) is 11.8. The first-order valence-corrected chi connectivity index (χ1v) is 16.0. The van der Waals surface area contributed by atoms with E-state index in [1.54, 1.807) is 12.1 Å². The molecule has 3 rings (SSSR count). The smallest absolute Gasteiger partial charge is 0.220 e. The van der Waals surface area contributed by atoms with Gasteiger partial charge >= 0.3 is 0 Å². The van der Waals surface area contributed by atoms with Gasteiger partial charge in [-0.05, 0) is 68.1 Å². The van der Waals surface area contributed by atoms with Gasteiger partial charge in [-0.3, -0.25) is 4.79 Å². The van der Waals surface area contributed by atoms with E-state index in [9.17, 15) is 34.0 Å². The Morgan fingerprint density at radius 1 is 0.933 bits per heavy atom. The SMILES string of the molecule is C[C@@H](O)[C@@H](O)[C@H](CO[C@@H]1CC(O)[C@H](O)C(CF)O1)NC(=O)CCCCCCCCCCc1ccc(Oc2ccc(F)cc2)cc1. The molecule has 0 spiro atoms. The molecule has 9 nitrogen and oxygen atoms in total. The quantitative estimate of drug-likeness (QED) is 0.132. The lowest BCUT2D eigenvalue weighted by Gasteiger charge is -2.36. The van der Waals surface area contributed by atoms with Gasteiger partial charge in [0.05, 0.1) is 24.9 Å². The summed E-state index contributed by atoms with van der Waals surface area (Å²) < 4.78 is 42.7. The number of aryl methyl sites for hydroxylation is 1. The lowest BCUT2D eigenvalue weighted by Crippen LogP contribution is -2.53. The third kappa shape index (κ3) is 13.3. The summed E-state index contributed by atoms with van der Waals surface area (Å²) in [4.78, 5) is 12.5. The first kappa shape index (κ1) is 36.8. The number of carbonyl (C=O) groups excluding carboxylic acids is 1. The van der Waals surface area contributed by atoms with Crippen molar-refractivity contribution in [3.05, 3.63) is 59.9 Å². The number of amides is 1. The Morgan fingerprint density at radius 2 is 1.51 bits per heavy atom. The highest BCUT2D eigenvalue weighted by Crippen LogP contribution is 2.24. The molecule has 0 aromatic heterocycles.